The number of hydrogen-bond acceptors (Lipinski definition) is 2. The average Bonchev–Trinajstić information content (AvgIpc) is 2.95. The van der Waals surface area contributed by atoms with E-state index in [9.17, 15) is 10.2 Å². The lowest BCUT2D eigenvalue weighted by Gasteiger charge is -2.34. The van der Waals surface area contributed by atoms with Crippen molar-refractivity contribution >= 4 is 37.5 Å². The zero-order chi connectivity index (χ0) is 25.1. The van der Waals surface area contributed by atoms with Crippen LogP contribution < -0.4 is 0 Å². The van der Waals surface area contributed by atoms with Crippen LogP contribution in [0, 0.1) is 0 Å². The van der Waals surface area contributed by atoms with Crippen molar-refractivity contribution in [2.75, 3.05) is 0 Å². The van der Waals surface area contributed by atoms with Crippen LogP contribution in [0.15, 0.2) is 120 Å². The molecule has 2 nitrogen and oxygen atoms in total. The Balaban J connectivity index is 1.66. The number of benzene rings is 6. The minimum absolute atomic E-state index is 0.756. The Bertz CT molecular complexity index is 1810. The van der Waals surface area contributed by atoms with Crippen molar-refractivity contribution in [3.05, 3.63) is 142 Å². The molecule has 0 saturated carbocycles. The van der Waals surface area contributed by atoms with Crippen LogP contribution in [0.5, 0.6) is 0 Å². The predicted molar refractivity (Wildman–Crippen MR) is 155 cm³/mol. The summed E-state index contributed by atoms with van der Waals surface area (Å²) in [6, 6.07) is 38.9. The third-order valence-electron chi connectivity index (χ3n) is 7.58. The molecule has 2 atom stereocenters. The molecule has 37 heavy (non-hydrogen) atoms. The summed E-state index contributed by atoms with van der Waals surface area (Å²) in [5, 5.41) is 28.4. The number of aliphatic hydroxyl groups excluding tert-OH is 2. The molecule has 7 rings (SSSR count). The summed E-state index contributed by atoms with van der Waals surface area (Å²) in [4.78, 5) is 0. The van der Waals surface area contributed by atoms with E-state index < -0.39 is 12.2 Å². The first-order valence-electron chi connectivity index (χ1n) is 12.4. The molecule has 2 unspecified atom stereocenters. The lowest BCUT2D eigenvalue weighted by Crippen LogP contribution is -2.20. The second-order valence-electron chi connectivity index (χ2n) is 9.63. The quantitative estimate of drug-likeness (QED) is 0.230. The highest BCUT2D eigenvalue weighted by molar-refractivity contribution is 9.10. The van der Waals surface area contributed by atoms with Crippen LogP contribution >= 0.6 is 15.9 Å². The summed E-state index contributed by atoms with van der Waals surface area (Å²) >= 11 is 3.56. The molecule has 0 aromatic heterocycles. The van der Waals surface area contributed by atoms with Gasteiger partial charge in [-0.2, -0.15) is 0 Å². The van der Waals surface area contributed by atoms with Gasteiger partial charge in [0.1, 0.15) is 12.2 Å². The largest absolute Gasteiger partial charge is 0.384 e. The van der Waals surface area contributed by atoms with E-state index in [0.717, 1.165) is 70.5 Å². The van der Waals surface area contributed by atoms with Gasteiger partial charge in [-0.25, -0.2) is 0 Å². The third kappa shape index (κ3) is 3.47. The van der Waals surface area contributed by atoms with Crippen LogP contribution in [0.25, 0.3) is 43.8 Å². The van der Waals surface area contributed by atoms with Gasteiger partial charge >= 0.3 is 0 Å². The second kappa shape index (κ2) is 8.67. The standard InChI is InChI=1S/C34H23BrO2/c35-24-16-14-21(15-17-24)30-26-13-7-6-12-25(26)29(20-8-2-1-3-9-20)31-32(30)34(37)28-19-23-11-5-4-10-22(23)18-27(28)33(31)36/h1-19,33-34,36-37H. The Morgan fingerprint density at radius 3 is 1.43 bits per heavy atom. The molecule has 2 N–H and O–H groups in total. The highest BCUT2D eigenvalue weighted by atomic mass is 79.9. The molecule has 0 radical (unpaired) electrons. The normalized spacial score (nSPS) is 16.5. The van der Waals surface area contributed by atoms with Crippen molar-refractivity contribution in [1.82, 2.24) is 0 Å². The number of hydrogen-bond donors (Lipinski definition) is 2. The fourth-order valence-corrected chi connectivity index (χ4v) is 6.21. The first-order chi connectivity index (χ1) is 18.1. The SMILES string of the molecule is OC1c2cc3ccccc3cc2C(O)c2c1c(-c1ccccc1)c1ccccc1c2-c1ccc(Br)cc1. The third-order valence-corrected chi connectivity index (χ3v) is 8.11. The van der Waals surface area contributed by atoms with E-state index in [1.807, 2.05) is 66.7 Å². The van der Waals surface area contributed by atoms with Crippen molar-refractivity contribution in [3.63, 3.8) is 0 Å². The summed E-state index contributed by atoms with van der Waals surface area (Å²) in [6.07, 6.45) is -1.77. The molecule has 178 valence electrons. The monoisotopic (exact) mass is 542 g/mol. The minimum Gasteiger partial charge on any atom is -0.384 e. The maximum atomic E-state index is 12.1. The first kappa shape index (κ1) is 22.4. The van der Waals surface area contributed by atoms with E-state index in [1.165, 1.54) is 0 Å². The zero-order valence-corrected chi connectivity index (χ0v) is 21.5. The van der Waals surface area contributed by atoms with Gasteiger partial charge < -0.3 is 10.2 Å². The highest BCUT2D eigenvalue weighted by Crippen LogP contribution is 2.53. The number of halogens is 1. The maximum absolute atomic E-state index is 12.1. The van der Waals surface area contributed by atoms with Crippen LogP contribution in [0.1, 0.15) is 34.5 Å². The van der Waals surface area contributed by atoms with Gasteiger partial charge in [0, 0.05) is 15.6 Å². The van der Waals surface area contributed by atoms with Gasteiger partial charge in [0.15, 0.2) is 0 Å². The smallest absolute Gasteiger partial charge is 0.105 e. The molecule has 6 aromatic rings. The minimum atomic E-state index is -0.885. The zero-order valence-electron chi connectivity index (χ0n) is 19.9. The molecular weight excluding hydrogens is 520 g/mol. The van der Waals surface area contributed by atoms with Gasteiger partial charge in [0.2, 0.25) is 0 Å². The summed E-state index contributed by atoms with van der Waals surface area (Å²) < 4.78 is 0.993. The first-order valence-corrected chi connectivity index (χ1v) is 13.2. The van der Waals surface area contributed by atoms with Crippen molar-refractivity contribution in [3.8, 4) is 22.3 Å². The number of rotatable bonds is 2. The molecule has 6 aromatic carbocycles. The fourth-order valence-electron chi connectivity index (χ4n) is 5.95. The van der Waals surface area contributed by atoms with Crippen molar-refractivity contribution < 1.29 is 10.2 Å². The Morgan fingerprint density at radius 2 is 0.919 bits per heavy atom. The molecule has 0 spiro atoms. The molecule has 0 aliphatic heterocycles. The molecule has 0 amide bonds. The van der Waals surface area contributed by atoms with Crippen LogP contribution in [-0.4, -0.2) is 10.2 Å². The van der Waals surface area contributed by atoms with Crippen LogP contribution in [0.3, 0.4) is 0 Å². The van der Waals surface area contributed by atoms with Crippen LogP contribution in [0.2, 0.25) is 0 Å². The van der Waals surface area contributed by atoms with Crippen molar-refractivity contribution in [1.29, 1.82) is 0 Å². The Hall–Kier alpha value is -3.76. The van der Waals surface area contributed by atoms with Gasteiger partial charge in [-0.1, -0.05) is 107 Å². The summed E-state index contributed by atoms with van der Waals surface area (Å²) in [6.45, 7) is 0. The van der Waals surface area contributed by atoms with Crippen molar-refractivity contribution in [2.24, 2.45) is 0 Å². The molecule has 1 aliphatic carbocycles. The Morgan fingerprint density at radius 1 is 0.486 bits per heavy atom. The number of aliphatic hydroxyl groups is 2. The highest BCUT2D eigenvalue weighted by Gasteiger charge is 2.36. The predicted octanol–water partition coefficient (Wildman–Crippen LogP) is 8.57. The number of fused-ring (bicyclic) bond motifs is 4. The molecule has 0 heterocycles. The average molecular weight is 543 g/mol. The van der Waals surface area contributed by atoms with Crippen LogP contribution in [0.4, 0.5) is 0 Å². The molecule has 0 bridgehead atoms. The summed E-state index contributed by atoms with van der Waals surface area (Å²) in [5.41, 5.74) is 7.02. The molecule has 0 fully saturated rings. The lowest BCUT2D eigenvalue weighted by atomic mass is 9.73. The van der Waals surface area contributed by atoms with E-state index in [-0.39, 0.29) is 0 Å². The molecule has 1 aliphatic rings. The molecular formula is C34H23BrO2. The molecule has 3 heteroatoms. The summed E-state index contributed by atoms with van der Waals surface area (Å²) in [7, 11) is 0. The second-order valence-corrected chi connectivity index (χ2v) is 10.5. The van der Waals surface area contributed by atoms with E-state index in [0.29, 0.717) is 0 Å². The molecule has 0 saturated heterocycles. The Labute approximate surface area is 223 Å². The van der Waals surface area contributed by atoms with Crippen LogP contribution in [-0.2, 0) is 0 Å². The maximum Gasteiger partial charge on any atom is 0.105 e. The topological polar surface area (TPSA) is 40.5 Å². The fraction of sp³-hybridized carbons (Fsp3) is 0.0588. The Kier molecular flexibility index (Phi) is 5.26. The lowest BCUT2D eigenvalue weighted by molar-refractivity contribution is 0.175. The summed E-state index contributed by atoms with van der Waals surface area (Å²) in [5.74, 6) is 0. The van der Waals surface area contributed by atoms with Gasteiger partial charge in [-0.3, -0.25) is 0 Å². The van der Waals surface area contributed by atoms with Gasteiger partial charge in [-0.15, -0.1) is 0 Å². The van der Waals surface area contributed by atoms with E-state index >= 15 is 0 Å². The van der Waals surface area contributed by atoms with Gasteiger partial charge in [0.25, 0.3) is 0 Å². The van der Waals surface area contributed by atoms with Gasteiger partial charge in [0.05, 0.1) is 0 Å². The van der Waals surface area contributed by atoms with E-state index in [1.54, 1.807) is 0 Å². The van der Waals surface area contributed by atoms with Gasteiger partial charge in [-0.05, 0) is 79.2 Å². The van der Waals surface area contributed by atoms with E-state index in [2.05, 4.69) is 64.5 Å². The van der Waals surface area contributed by atoms with Crippen molar-refractivity contribution in [2.45, 2.75) is 12.2 Å². The van der Waals surface area contributed by atoms with E-state index in [4.69, 9.17) is 0 Å².